The maximum absolute atomic E-state index is 11.2. The maximum Gasteiger partial charge on any atom is 0.336 e. The van der Waals surface area contributed by atoms with Crippen LogP contribution in [0.15, 0.2) is 29.2 Å². The molecule has 1 aromatic carbocycles. The van der Waals surface area contributed by atoms with Gasteiger partial charge in [0.1, 0.15) is 5.25 Å². The number of rotatable bonds is 4. The Morgan fingerprint density at radius 2 is 2.00 bits per heavy atom. The molecule has 86 valence electrons. The van der Waals surface area contributed by atoms with Gasteiger partial charge in [0.2, 0.25) is 0 Å². The summed E-state index contributed by atoms with van der Waals surface area (Å²) in [6.45, 7) is 1.68. The zero-order valence-electron chi connectivity index (χ0n) is 8.97. The number of ether oxygens (including phenoxy) is 1. The zero-order chi connectivity index (χ0) is 12.1. The lowest BCUT2D eigenvalue weighted by atomic mass is 10.2. The summed E-state index contributed by atoms with van der Waals surface area (Å²) in [6.07, 6.45) is 0. The topological polar surface area (TPSA) is 63.6 Å². The number of carbonyl (C=O) groups excluding carboxylic acids is 1. The van der Waals surface area contributed by atoms with Crippen LogP contribution in [0.3, 0.4) is 0 Å². The number of carboxylic acid groups (broad SMARTS) is 1. The van der Waals surface area contributed by atoms with Gasteiger partial charge in [-0.15, -0.1) is 11.8 Å². The third kappa shape index (κ3) is 3.00. The Morgan fingerprint density at radius 1 is 1.38 bits per heavy atom. The number of carbonyl (C=O) groups is 2. The van der Waals surface area contributed by atoms with Crippen LogP contribution in [0.25, 0.3) is 0 Å². The van der Waals surface area contributed by atoms with E-state index in [9.17, 15) is 9.59 Å². The second-order valence-electron chi connectivity index (χ2n) is 3.08. The molecule has 16 heavy (non-hydrogen) atoms. The van der Waals surface area contributed by atoms with E-state index in [1.165, 1.54) is 24.9 Å². The summed E-state index contributed by atoms with van der Waals surface area (Å²) in [4.78, 5) is 22.7. The molecule has 1 N–H and O–H groups in total. The van der Waals surface area contributed by atoms with Crippen molar-refractivity contribution in [2.24, 2.45) is 0 Å². The van der Waals surface area contributed by atoms with E-state index in [4.69, 9.17) is 5.11 Å². The van der Waals surface area contributed by atoms with E-state index in [-0.39, 0.29) is 11.5 Å². The molecular formula is C11H12O4S. The van der Waals surface area contributed by atoms with Crippen molar-refractivity contribution in [3.8, 4) is 0 Å². The molecule has 0 heterocycles. The van der Waals surface area contributed by atoms with E-state index < -0.39 is 11.2 Å². The monoisotopic (exact) mass is 240 g/mol. The number of aromatic carboxylic acids is 1. The number of benzene rings is 1. The van der Waals surface area contributed by atoms with Gasteiger partial charge in [-0.3, -0.25) is 4.79 Å². The second-order valence-corrected chi connectivity index (χ2v) is 4.47. The first-order chi connectivity index (χ1) is 7.56. The summed E-state index contributed by atoms with van der Waals surface area (Å²) >= 11 is 1.18. The summed E-state index contributed by atoms with van der Waals surface area (Å²) in [6, 6.07) is 6.57. The van der Waals surface area contributed by atoms with E-state index in [1.54, 1.807) is 25.1 Å². The molecule has 4 nitrogen and oxygen atoms in total. The van der Waals surface area contributed by atoms with Gasteiger partial charge in [-0.25, -0.2) is 4.79 Å². The lowest BCUT2D eigenvalue weighted by molar-refractivity contribution is -0.139. The second kappa shape index (κ2) is 5.55. The molecule has 1 aromatic rings. The van der Waals surface area contributed by atoms with Crippen LogP contribution in [0.2, 0.25) is 0 Å². The quantitative estimate of drug-likeness (QED) is 0.644. The van der Waals surface area contributed by atoms with Crippen LogP contribution in [0.4, 0.5) is 0 Å². The zero-order valence-corrected chi connectivity index (χ0v) is 9.78. The van der Waals surface area contributed by atoms with Gasteiger partial charge < -0.3 is 9.84 Å². The van der Waals surface area contributed by atoms with Crippen LogP contribution >= 0.6 is 11.8 Å². The van der Waals surface area contributed by atoms with Gasteiger partial charge in [0.15, 0.2) is 0 Å². The summed E-state index contributed by atoms with van der Waals surface area (Å²) < 4.78 is 4.58. The van der Waals surface area contributed by atoms with Crippen LogP contribution < -0.4 is 0 Å². The van der Waals surface area contributed by atoms with E-state index in [0.29, 0.717) is 4.90 Å². The minimum Gasteiger partial charge on any atom is -0.478 e. The molecule has 0 saturated heterocycles. The highest BCUT2D eigenvalue weighted by Gasteiger charge is 2.18. The highest BCUT2D eigenvalue weighted by Crippen LogP contribution is 2.27. The number of hydrogen-bond donors (Lipinski definition) is 1. The SMILES string of the molecule is COC(=O)[C@@H](C)Sc1ccccc1C(=O)O. The Hall–Kier alpha value is -1.49. The highest BCUT2D eigenvalue weighted by molar-refractivity contribution is 8.00. The van der Waals surface area contributed by atoms with Crippen molar-refractivity contribution in [2.75, 3.05) is 7.11 Å². The molecule has 0 radical (unpaired) electrons. The van der Waals surface area contributed by atoms with E-state index in [1.807, 2.05) is 0 Å². The third-order valence-corrected chi connectivity index (χ3v) is 3.11. The molecule has 0 bridgehead atoms. The van der Waals surface area contributed by atoms with Crippen LogP contribution in [-0.2, 0) is 9.53 Å². The van der Waals surface area contributed by atoms with Gasteiger partial charge in [-0.05, 0) is 19.1 Å². The molecule has 0 aliphatic rings. The lowest BCUT2D eigenvalue weighted by Gasteiger charge is -2.10. The van der Waals surface area contributed by atoms with Crippen LogP contribution in [-0.4, -0.2) is 29.4 Å². The average molecular weight is 240 g/mol. The van der Waals surface area contributed by atoms with Crippen molar-refractivity contribution in [2.45, 2.75) is 17.1 Å². The minimum atomic E-state index is -1.000. The fourth-order valence-corrected chi connectivity index (χ4v) is 2.16. The summed E-state index contributed by atoms with van der Waals surface area (Å²) in [5, 5.41) is 8.52. The molecule has 0 aliphatic carbocycles. The normalized spacial score (nSPS) is 11.9. The Labute approximate surface area is 97.6 Å². The molecule has 5 heteroatoms. The summed E-state index contributed by atoms with van der Waals surface area (Å²) in [7, 11) is 1.31. The minimum absolute atomic E-state index is 0.197. The van der Waals surface area contributed by atoms with Crippen molar-refractivity contribution in [1.82, 2.24) is 0 Å². The van der Waals surface area contributed by atoms with Gasteiger partial charge in [-0.2, -0.15) is 0 Å². The first-order valence-electron chi connectivity index (χ1n) is 4.63. The third-order valence-electron chi connectivity index (χ3n) is 1.95. The fourth-order valence-electron chi connectivity index (χ4n) is 1.15. The molecule has 0 saturated carbocycles. The number of esters is 1. The van der Waals surface area contributed by atoms with Crippen LogP contribution in [0, 0.1) is 0 Å². The summed E-state index contributed by atoms with van der Waals surface area (Å²) in [5.41, 5.74) is 0.197. The predicted octanol–water partition coefficient (Wildman–Crippen LogP) is 2.04. The Morgan fingerprint density at radius 3 is 2.56 bits per heavy atom. The molecular weight excluding hydrogens is 228 g/mol. The maximum atomic E-state index is 11.2. The molecule has 0 spiro atoms. The Balaban J connectivity index is 2.88. The number of thioether (sulfide) groups is 1. The molecule has 0 aromatic heterocycles. The molecule has 0 unspecified atom stereocenters. The standard InChI is InChI=1S/C11H12O4S/c1-7(11(14)15-2)16-9-6-4-3-5-8(9)10(12)13/h3-7H,1-2H3,(H,12,13)/t7-/m1/s1. The van der Waals surface area contributed by atoms with Crippen LogP contribution in [0.1, 0.15) is 17.3 Å². The van der Waals surface area contributed by atoms with Gasteiger partial charge in [0, 0.05) is 4.90 Å². The van der Waals surface area contributed by atoms with Gasteiger partial charge in [0.05, 0.1) is 12.7 Å². The predicted molar refractivity (Wildman–Crippen MR) is 60.7 cm³/mol. The fraction of sp³-hybridized carbons (Fsp3) is 0.273. The molecule has 0 aliphatic heterocycles. The van der Waals surface area contributed by atoms with Gasteiger partial charge in [0.25, 0.3) is 0 Å². The molecule has 1 atom stereocenters. The highest BCUT2D eigenvalue weighted by atomic mass is 32.2. The van der Waals surface area contributed by atoms with Crippen LogP contribution in [0.5, 0.6) is 0 Å². The van der Waals surface area contributed by atoms with Crippen molar-refractivity contribution >= 4 is 23.7 Å². The molecule has 0 fully saturated rings. The van der Waals surface area contributed by atoms with Crippen molar-refractivity contribution < 1.29 is 19.4 Å². The summed E-state index contributed by atoms with van der Waals surface area (Å²) in [5.74, 6) is -1.37. The largest absolute Gasteiger partial charge is 0.478 e. The van der Waals surface area contributed by atoms with E-state index in [2.05, 4.69) is 4.74 Å². The Kier molecular flexibility index (Phi) is 4.37. The van der Waals surface area contributed by atoms with Crippen molar-refractivity contribution in [1.29, 1.82) is 0 Å². The van der Waals surface area contributed by atoms with Gasteiger partial charge in [-0.1, -0.05) is 12.1 Å². The molecule has 0 amide bonds. The van der Waals surface area contributed by atoms with Gasteiger partial charge >= 0.3 is 11.9 Å². The average Bonchev–Trinajstić information content (AvgIpc) is 2.28. The number of methoxy groups -OCH3 is 1. The van der Waals surface area contributed by atoms with Crippen molar-refractivity contribution in [3.63, 3.8) is 0 Å². The Bertz CT molecular complexity index is 403. The molecule has 1 rings (SSSR count). The first kappa shape index (κ1) is 12.6. The lowest BCUT2D eigenvalue weighted by Crippen LogP contribution is -2.15. The van der Waals surface area contributed by atoms with E-state index in [0.717, 1.165) is 0 Å². The van der Waals surface area contributed by atoms with E-state index >= 15 is 0 Å². The smallest absolute Gasteiger partial charge is 0.336 e. The van der Waals surface area contributed by atoms with Crippen molar-refractivity contribution in [3.05, 3.63) is 29.8 Å². The number of carboxylic acids is 1. The first-order valence-corrected chi connectivity index (χ1v) is 5.51. The number of hydrogen-bond acceptors (Lipinski definition) is 4.